The third-order valence-corrected chi connectivity index (χ3v) is 6.22. The van der Waals surface area contributed by atoms with E-state index in [1.807, 2.05) is 36.4 Å². The van der Waals surface area contributed by atoms with E-state index in [0.717, 1.165) is 22.3 Å². The molecule has 0 aromatic heterocycles. The van der Waals surface area contributed by atoms with Crippen molar-refractivity contribution in [3.63, 3.8) is 0 Å². The summed E-state index contributed by atoms with van der Waals surface area (Å²) in [6.07, 6.45) is -0.658. The van der Waals surface area contributed by atoms with Gasteiger partial charge in [0.2, 0.25) is 0 Å². The van der Waals surface area contributed by atoms with Gasteiger partial charge in [-0.3, -0.25) is 14.9 Å². The molecule has 168 valence electrons. The van der Waals surface area contributed by atoms with Gasteiger partial charge in [-0.25, -0.2) is 4.79 Å². The summed E-state index contributed by atoms with van der Waals surface area (Å²) in [5.74, 6) is -1.77. The first kappa shape index (κ1) is 22.5. The predicted molar refractivity (Wildman–Crippen MR) is 127 cm³/mol. The number of carboxylic acid groups (broad SMARTS) is 1. The summed E-state index contributed by atoms with van der Waals surface area (Å²) in [7, 11) is 0. The number of benzene rings is 3. The van der Waals surface area contributed by atoms with Crippen LogP contribution in [-0.4, -0.2) is 35.7 Å². The van der Waals surface area contributed by atoms with Gasteiger partial charge in [0, 0.05) is 16.0 Å². The van der Waals surface area contributed by atoms with E-state index in [1.54, 1.807) is 6.07 Å². The number of amides is 2. The van der Waals surface area contributed by atoms with Crippen molar-refractivity contribution in [2.24, 2.45) is 0 Å². The molecule has 7 nitrogen and oxygen atoms in total. The van der Waals surface area contributed by atoms with Gasteiger partial charge in [-0.15, -0.1) is 0 Å². The lowest BCUT2D eigenvalue weighted by atomic mass is 9.98. The van der Waals surface area contributed by atoms with Crippen LogP contribution < -0.4 is 10.6 Å². The zero-order valence-electron chi connectivity index (χ0n) is 17.7. The minimum Gasteiger partial charge on any atom is -0.480 e. The molecule has 2 amide bonds. The van der Waals surface area contributed by atoms with Crippen LogP contribution in [-0.2, 0) is 9.53 Å². The Labute approximate surface area is 198 Å². The number of fused-ring (bicyclic) bond motifs is 3. The van der Waals surface area contributed by atoms with Crippen LogP contribution >= 0.6 is 15.9 Å². The molecule has 0 spiro atoms. The molecule has 0 bridgehead atoms. The molecule has 0 radical (unpaired) electrons. The SMILES string of the molecule is C[C@@H](NC(=O)c1ccc(Br)c(NC(=O)OCC2c3ccccc3-c3ccccc32)c1)C(=O)O. The van der Waals surface area contributed by atoms with Gasteiger partial charge in [0.15, 0.2) is 0 Å². The standard InChI is InChI=1S/C25H21BrN2O5/c1-14(24(30)31)27-23(29)15-10-11-21(26)22(12-15)28-25(32)33-13-20-18-8-4-2-6-16(18)17-7-3-5-9-19(17)20/h2-12,14,20H,13H2,1H3,(H,27,29)(H,28,32)(H,30,31)/t14-/m1/s1. The molecule has 3 aromatic carbocycles. The van der Waals surface area contributed by atoms with Gasteiger partial charge < -0.3 is 15.2 Å². The van der Waals surface area contributed by atoms with Gasteiger partial charge >= 0.3 is 12.1 Å². The highest BCUT2D eigenvalue weighted by Crippen LogP contribution is 2.44. The van der Waals surface area contributed by atoms with Crippen molar-refractivity contribution in [1.82, 2.24) is 5.32 Å². The van der Waals surface area contributed by atoms with E-state index in [0.29, 0.717) is 10.2 Å². The Morgan fingerprint density at radius 1 is 1.00 bits per heavy atom. The Balaban J connectivity index is 1.45. The van der Waals surface area contributed by atoms with E-state index in [-0.39, 0.29) is 18.1 Å². The van der Waals surface area contributed by atoms with Crippen molar-refractivity contribution < 1.29 is 24.2 Å². The Morgan fingerprint density at radius 2 is 1.61 bits per heavy atom. The lowest BCUT2D eigenvalue weighted by Gasteiger charge is -2.15. The molecule has 1 aliphatic carbocycles. The van der Waals surface area contributed by atoms with E-state index in [9.17, 15) is 14.4 Å². The number of aliphatic carboxylic acids is 1. The third kappa shape index (κ3) is 4.75. The Kier molecular flexibility index (Phi) is 6.46. The largest absolute Gasteiger partial charge is 0.480 e. The first-order valence-electron chi connectivity index (χ1n) is 10.3. The van der Waals surface area contributed by atoms with Crippen LogP contribution in [0.3, 0.4) is 0 Å². The summed E-state index contributed by atoms with van der Waals surface area (Å²) in [5, 5.41) is 14.0. The third-order valence-electron chi connectivity index (χ3n) is 5.53. The highest BCUT2D eigenvalue weighted by molar-refractivity contribution is 9.10. The Bertz CT molecular complexity index is 1200. The first-order chi connectivity index (χ1) is 15.8. The van der Waals surface area contributed by atoms with Crippen LogP contribution in [0.5, 0.6) is 0 Å². The van der Waals surface area contributed by atoms with Gasteiger partial charge in [0.25, 0.3) is 5.91 Å². The average Bonchev–Trinajstić information content (AvgIpc) is 3.12. The number of ether oxygens (including phenoxy) is 1. The first-order valence-corrected chi connectivity index (χ1v) is 11.1. The number of carbonyl (C=O) groups is 3. The maximum Gasteiger partial charge on any atom is 0.411 e. The van der Waals surface area contributed by atoms with Gasteiger partial charge in [0.05, 0.1) is 5.69 Å². The number of anilines is 1. The fraction of sp³-hybridized carbons (Fsp3) is 0.160. The molecule has 0 aliphatic heterocycles. The summed E-state index contributed by atoms with van der Waals surface area (Å²) in [4.78, 5) is 35.8. The molecule has 0 unspecified atom stereocenters. The normalized spacial score (nSPS) is 12.9. The van der Waals surface area contributed by atoms with Crippen LogP contribution in [0, 0.1) is 0 Å². The van der Waals surface area contributed by atoms with Gasteiger partial charge in [-0.2, -0.15) is 0 Å². The second-order valence-electron chi connectivity index (χ2n) is 7.68. The zero-order valence-corrected chi connectivity index (χ0v) is 19.3. The van der Waals surface area contributed by atoms with E-state index in [2.05, 4.69) is 38.7 Å². The highest BCUT2D eigenvalue weighted by Gasteiger charge is 2.29. The van der Waals surface area contributed by atoms with Crippen molar-refractivity contribution in [2.45, 2.75) is 18.9 Å². The van der Waals surface area contributed by atoms with Gasteiger partial charge in [0.1, 0.15) is 12.6 Å². The molecule has 33 heavy (non-hydrogen) atoms. The number of nitrogens with one attached hydrogen (secondary N) is 2. The lowest BCUT2D eigenvalue weighted by Crippen LogP contribution is -2.38. The second-order valence-corrected chi connectivity index (χ2v) is 8.53. The van der Waals surface area contributed by atoms with Gasteiger partial charge in [-0.05, 0) is 63.3 Å². The minimum atomic E-state index is -1.14. The number of carboxylic acids is 1. The molecule has 8 heteroatoms. The van der Waals surface area contributed by atoms with Crippen LogP contribution in [0.25, 0.3) is 11.1 Å². The van der Waals surface area contributed by atoms with Crippen LogP contribution in [0.1, 0.15) is 34.3 Å². The molecule has 3 aromatic rings. The van der Waals surface area contributed by atoms with Crippen molar-refractivity contribution in [3.8, 4) is 11.1 Å². The quantitative estimate of drug-likeness (QED) is 0.433. The molecule has 0 fully saturated rings. The molecule has 0 saturated heterocycles. The minimum absolute atomic E-state index is 0.0683. The summed E-state index contributed by atoms with van der Waals surface area (Å²) >= 11 is 3.35. The Hall–Kier alpha value is -3.65. The molecule has 3 N–H and O–H groups in total. The van der Waals surface area contributed by atoms with E-state index in [1.165, 1.54) is 19.1 Å². The molecule has 0 heterocycles. The molecular formula is C25H21BrN2O5. The fourth-order valence-electron chi connectivity index (χ4n) is 3.85. The summed E-state index contributed by atoms with van der Waals surface area (Å²) < 4.78 is 6.10. The number of hydrogen-bond acceptors (Lipinski definition) is 4. The molecular weight excluding hydrogens is 488 g/mol. The Morgan fingerprint density at radius 3 is 2.21 bits per heavy atom. The van der Waals surface area contributed by atoms with Crippen molar-refractivity contribution in [3.05, 3.63) is 87.9 Å². The number of halogens is 1. The maximum absolute atomic E-state index is 12.6. The van der Waals surface area contributed by atoms with Crippen molar-refractivity contribution >= 4 is 39.6 Å². The number of hydrogen-bond donors (Lipinski definition) is 3. The summed E-state index contributed by atoms with van der Waals surface area (Å²) in [6.45, 7) is 1.53. The number of rotatable bonds is 6. The smallest absolute Gasteiger partial charge is 0.411 e. The van der Waals surface area contributed by atoms with Crippen LogP contribution in [0.2, 0.25) is 0 Å². The predicted octanol–water partition coefficient (Wildman–Crippen LogP) is 5.01. The average molecular weight is 509 g/mol. The van der Waals surface area contributed by atoms with E-state index >= 15 is 0 Å². The molecule has 1 atom stereocenters. The second kappa shape index (κ2) is 9.46. The summed E-state index contributed by atoms with van der Waals surface area (Å²) in [5.41, 5.74) is 5.04. The van der Waals surface area contributed by atoms with E-state index in [4.69, 9.17) is 9.84 Å². The molecule has 4 rings (SSSR count). The van der Waals surface area contributed by atoms with Crippen LogP contribution in [0.15, 0.2) is 71.2 Å². The fourth-order valence-corrected chi connectivity index (χ4v) is 4.19. The monoisotopic (exact) mass is 508 g/mol. The van der Waals surface area contributed by atoms with Crippen molar-refractivity contribution in [2.75, 3.05) is 11.9 Å². The summed E-state index contributed by atoms with van der Waals surface area (Å²) in [6, 6.07) is 19.7. The molecule has 1 aliphatic rings. The number of carbonyl (C=O) groups excluding carboxylic acids is 2. The van der Waals surface area contributed by atoms with E-state index < -0.39 is 24.0 Å². The van der Waals surface area contributed by atoms with Gasteiger partial charge in [-0.1, -0.05) is 48.5 Å². The molecule has 0 saturated carbocycles. The lowest BCUT2D eigenvalue weighted by molar-refractivity contribution is -0.138. The zero-order chi connectivity index (χ0) is 23.5. The maximum atomic E-state index is 12.6. The van der Waals surface area contributed by atoms with Crippen molar-refractivity contribution in [1.29, 1.82) is 0 Å². The highest BCUT2D eigenvalue weighted by atomic mass is 79.9. The topological polar surface area (TPSA) is 105 Å². The van der Waals surface area contributed by atoms with Crippen LogP contribution in [0.4, 0.5) is 10.5 Å².